The molecule has 0 atom stereocenters. The Morgan fingerprint density at radius 2 is 2.29 bits per heavy atom. The molecule has 0 N–H and O–H groups in total. The highest BCUT2D eigenvalue weighted by Crippen LogP contribution is 2.10. The fourth-order valence-electron chi connectivity index (χ4n) is 1.36. The molecule has 0 aromatic carbocycles. The van der Waals surface area contributed by atoms with Crippen molar-refractivity contribution in [1.82, 2.24) is 4.98 Å². The zero-order valence-corrected chi connectivity index (χ0v) is 8.62. The summed E-state index contributed by atoms with van der Waals surface area (Å²) in [5.41, 5.74) is 2.39. The number of aryl methyl sites for hydroxylation is 2. The van der Waals surface area contributed by atoms with Crippen molar-refractivity contribution in [2.24, 2.45) is 0 Å². The van der Waals surface area contributed by atoms with Gasteiger partial charge in [0, 0.05) is 18.8 Å². The maximum Gasteiger partial charge on any atom is 0.305 e. The Balaban J connectivity index is 2.61. The molecule has 3 nitrogen and oxygen atoms in total. The largest absolute Gasteiger partial charge is 0.469 e. The van der Waals surface area contributed by atoms with Crippen molar-refractivity contribution in [3.8, 4) is 0 Å². The molecule has 0 aliphatic heterocycles. The predicted octanol–water partition coefficient (Wildman–Crippen LogP) is 1.75. The van der Waals surface area contributed by atoms with Gasteiger partial charge in [0.2, 0.25) is 0 Å². The van der Waals surface area contributed by atoms with Gasteiger partial charge in [0.15, 0.2) is 0 Å². The summed E-state index contributed by atoms with van der Waals surface area (Å²) in [5.74, 6) is -0.163. The normalized spacial score (nSPS) is 9.86. The molecule has 1 heterocycles. The Labute approximate surface area is 84.1 Å². The molecule has 1 rings (SSSR count). The number of pyridine rings is 1. The Morgan fingerprint density at radius 3 is 2.93 bits per heavy atom. The van der Waals surface area contributed by atoms with E-state index in [9.17, 15) is 4.79 Å². The second kappa shape index (κ2) is 5.37. The molecule has 0 unspecified atom stereocenters. The minimum absolute atomic E-state index is 0.163. The molecular weight excluding hydrogens is 178 g/mol. The number of aromatic nitrogens is 1. The van der Waals surface area contributed by atoms with E-state index < -0.39 is 0 Å². The van der Waals surface area contributed by atoms with Crippen molar-refractivity contribution in [3.63, 3.8) is 0 Å². The lowest BCUT2D eigenvalue weighted by molar-refractivity contribution is -0.140. The summed E-state index contributed by atoms with van der Waals surface area (Å²) in [5, 5.41) is 0. The monoisotopic (exact) mass is 193 g/mol. The van der Waals surface area contributed by atoms with E-state index in [0.29, 0.717) is 6.42 Å². The summed E-state index contributed by atoms with van der Waals surface area (Å²) in [6, 6.07) is 1.96. The molecule has 0 spiro atoms. The lowest BCUT2D eigenvalue weighted by Gasteiger charge is -2.05. The predicted molar refractivity (Wildman–Crippen MR) is 54.0 cm³/mol. The van der Waals surface area contributed by atoms with Gasteiger partial charge in [-0.25, -0.2) is 0 Å². The zero-order valence-electron chi connectivity index (χ0n) is 8.62. The number of esters is 1. The minimum atomic E-state index is -0.163. The number of ether oxygens (including phenoxy) is 1. The third kappa shape index (κ3) is 2.83. The van der Waals surface area contributed by atoms with Crippen LogP contribution in [0.5, 0.6) is 0 Å². The van der Waals surface area contributed by atoms with Crippen LogP contribution in [0.1, 0.15) is 24.5 Å². The maximum absolute atomic E-state index is 10.9. The molecule has 0 amide bonds. The quantitative estimate of drug-likeness (QED) is 0.684. The molecule has 0 aliphatic rings. The van der Waals surface area contributed by atoms with Crippen LogP contribution in [0.2, 0.25) is 0 Å². The van der Waals surface area contributed by atoms with Gasteiger partial charge in [-0.3, -0.25) is 9.78 Å². The smallest absolute Gasteiger partial charge is 0.305 e. The van der Waals surface area contributed by atoms with Crippen LogP contribution in [0.3, 0.4) is 0 Å². The summed E-state index contributed by atoms with van der Waals surface area (Å²) in [6.07, 6.45) is 5.73. The van der Waals surface area contributed by atoms with Gasteiger partial charge in [-0.1, -0.05) is 6.92 Å². The molecule has 0 fully saturated rings. The first kappa shape index (κ1) is 10.7. The summed E-state index contributed by atoms with van der Waals surface area (Å²) >= 11 is 0. The second-order valence-corrected chi connectivity index (χ2v) is 3.07. The van der Waals surface area contributed by atoms with E-state index in [-0.39, 0.29) is 5.97 Å². The van der Waals surface area contributed by atoms with Crippen LogP contribution >= 0.6 is 0 Å². The lowest BCUT2D eigenvalue weighted by atomic mass is 10.0. The number of methoxy groups -OCH3 is 1. The first-order chi connectivity index (χ1) is 6.77. The molecule has 1 aromatic rings. The van der Waals surface area contributed by atoms with Crippen molar-refractivity contribution in [2.45, 2.75) is 26.2 Å². The van der Waals surface area contributed by atoms with Crippen molar-refractivity contribution in [2.75, 3.05) is 7.11 Å². The summed E-state index contributed by atoms with van der Waals surface area (Å²) in [7, 11) is 1.41. The van der Waals surface area contributed by atoms with Crippen LogP contribution in [-0.4, -0.2) is 18.1 Å². The number of carbonyl (C=O) groups is 1. The van der Waals surface area contributed by atoms with Gasteiger partial charge in [0.25, 0.3) is 0 Å². The Kier molecular flexibility index (Phi) is 4.11. The molecule has 0 radical (unpaired) electrons. The molecule has 0 saturated heterocycles. The number of hydrogen-bond donors (Lipinski definition) is 0. The van der Waals surface area contributed by atoms with Gasteiger partial charge in [0.1, 0.15) is 0 Å². The molecule has 1 aromatic heterocycles. The average Bonchev–Trinajstić information content (AvgIpc) is 2.26. The fourth-order valence-corrected chi connectivity index (χ4v) is 1.36. The van der Waals surface area contributed by atoms with Crippen LogP contribution < -0.4 is 0 Å². The SMILES string of the molecule is CCc1cnccc1CCC(=O)OC. The third-order valence-corrected chi connectivity index (χ3v) is 2.21. The van der Waals surface area contributed by atoms with Crippen molar-refractivity contribution >= 4 is 5.97 Å². The molecular formula is C11H15NO2. The number of nitrogens with zero attached hydrogens (tertiary/aromatic N) is 1. The zero-order chi connectivity index (χ0) is 10.4. The second-order valence-electron chi connectivity index (χ2n) is 3.07. The third-order valence-electron chi connectivity index (χ3n) is 2.21. The highest BCUT2D eigenvalue weighted by molar-refractivity contribution is 5.69. The van der Waals surface area contributed by atoms with Gasteiger partial charge < -0.3 is 4.74 Å². The Bertz CT molecular complexity index is 310. The molecule has 14 heavy (non-hydrogen) atoms. The number of rotatable bonds is 4. The Hall–Kier alpha value is -1.38. The van der Waals surface area contributed by atoms with Crippen molar-refractivity contribution in [3.05, 3.63) is 29.6 Å². The number of hydrogen-bond acceptors (Lipinski definition) is 3. The number of carbonyl (C=O) groups excluding carboxylic acids is 1. The van der Waals surface area contributed by atoms with E-state index in [4.69, 9.17) is 0 Å². The van der Waals surface area contributed by atoms with E-state index >= 15 is 0 Å². The standard InChI is InChI=1S/C11H15NO2/c1-3-9-8-12-7-6-10(9)4-5-11(13)14-2/h6-8H,3-5H2,1-2H3. The van der Waals surface area contributed by atoms with E-state index in [0.717, 1.165) is 12.8 Å². The molecule has 0 bridgehead atoms. The van der Waals surface area contributed by atoms with Crippen molar-refractivity contribution in [1.29, 1.82) is 0 Å². The first-order valence-corrected chi connectivity index (χ1v) is 4.76. The van der Waals surface area contributed by atoms with E-state index in [1.165, 1.54) is 18.2 Å². The van der Waals surface area contributed by atoms with Crippen LogP contribution in [-0.2, 0) is 22.4 Å². The summed E-state index contributed by atoms with van der Waals surface area (Å²) in [4.78, 5) is 15.0. The van der Waals surface area contributed by atoms with E-state index in [1.807, 2.05) is 12.3 Å². The van der Waals surface area contributed by atoms with Gasteiger partial charge in [-0.2, -0.15) is 0 Å². The van der Waals surface area contributed by atoms with Gasteiger partial charge in [-0.05, 0) is 30.0 Å². The van der Waals surface area contributed by atoms with Gasteiger partial charge in [0.05, 0.1) is 7.11 Å². The highest BCUT2D eigenvalue weighted by Gasteiger charge is 2.04. The van der Waals surface area contributed by atoms with E-state index in [2.05, 4.69) is 16.6 Å². The average molecular weight is 193 g/mol. The fraction of sp³-hybridized carbons (Fsp3) is 0.455. The van der Waals surface area contributed by atoms with Gasteiger partial charge in [-0.15, -0.1) is 0 Å². The van der Waals surface area contributed by atoms with Crippen LogP contribution in [0, 0.1) is 0 Å². The lowest BCUT2D eigenvalue weighted by Crippen LogP contribution is -2.03. The van der Waals surface area contributed by atoms with E-state index in [1.54, 1.807) is 6.20 Å². The van der Waals surface area contributed by atoms with Crippen LogP contribution in [0.15, 0.2) is 18.5 Å². The Morgan fingerprint density at radius 1 is 1.50 bits per heavy atom. The van der Waals surface area contributed by atoms with Crippen LogP contribution in [0.25, 0.3) is 0 Å². The molecule has 0 aliphatic carbocycles. The topological polar surface area (TPSA) is 39.2 Å². The van der Waals surface area contributed by atoms with Crippen LogP contribution in [0.4, 0.5) is 0 Å². The minimum Gasteiger partial charge on any atom is -0.469 e. The van der Waals surface area contributed by atoms with Crippen molar-refractivity contribution < 1.29 is 9.53 Å². The summed E-state index contributed by atoms with van der Waals surface area (Å²) < 4.78 is 4.59. The highest BCUT2D eigenvalue weighted by atomic mass is 16.5. The molecule has 3 heteroatoms. The molecule has 76 valence electrons. The first-order valence-electron chi connectivity index (χ1n) is 4.76. The maximum atomic E-state index is 10.9. The summed E-state index contributed by atoms with van der Waals surface area (Å²) in [6.45, 7) is 2.08. The van der Waals surface area contributed by atoms with Gasteiger partial charge >= 0.3 is 5.97 Å². The molecule has 0 saturated carbocycles.